The van der Waals surface area contributed by atoms with Gasteiger partial charge in [0.25, 0.3) is 0 Å². The molecule has 0 atom stereocenters. The highest BCUT2D eigenvalue weighted by Crippen LogP contribution is 2.26. The van der Waals surface area contributed by atoms with Crippen LogP contribution in [0.1, 0.15) is 24.0 Å². The zero-order valence-electron chi connectivity index (χ0n) is 9.16. The summed E-state index contributed by atoms with van der Waals surface area (Å²) in [6, 6.07) is 6.50. The topological polar surface area (TPSA) is 38.3 Å². The molecule has 0 unspecified atom stereocenters. The fraction of sp³-hybridized carbons (Fsp3) is 0.462. The van der Waals surface area contributed by atoms with Crippen molar-refractivity contribution in [2.24, 2.45) is 0 Å². The summed E-state index contributed by atoms with van der Waals surface area (Å²) in [7, 11) is 0. The molecule has 1 aromatic rings. The Bertz CT molecular complexity index is 424. The molecule has 1 N–H and O–H groups in total. The molecule has 1 saturated carbocycles. The van der Waals surface area contributed by atoms with E-state index in [0.29, 0.717) is 12.5 Å². The maximum atomic E-state index is 11.6. The van der Waals surface area contributed by atoms with Crippen LogP contribution in [0.15, 0.2) is 18.2 Å². The highest BCUT2D eigenvalue weighted by Gasteiger charge is 2.23. The second-order valence-corrected chi connectivity index (χ2v) is 4.56. The van der Waals surface area contributed by atoms with Crippen molar-refractivity contribution in [1.29, 1.82) is 0 Å². The third kappa shape index (κ3) is 2.03. The standard InChI is InChI=1S/C13H15NO2/c15-13(14-11-2-3-11)8-9-1-4-12-10(7-9)5-6-16-12/h1,4,7,11H,2-3,5-6,8H2,(H,14,15). The van der Waals surface area contributed by atoms with Crippen LogP contribution < -0.4 is 10.1 Å². The Labute approximate surface area is 94.8 Å². The third-order valence-electron chi connectivity index (χ3n) is 3.06. The van der Waals surface area contributed by atoms with E-state index in [1.54, 1.807) is 0 Å². The smallest absolute Gasteiger partial charge is 0.224 e. The summed E-state index contributed by atoms with van der Waals surface area (Å²) < 4.78 is 5.43. The first-order chi connectivity index (χ1) is 7.81. The minimum absolute atomic E-state index is 0.140. The van der Waals surface area contributed by atoms with Gasteiger partial charge in [0.05, 0.1) is 13.0 Å². The van der Waals surface area contributed by atoms with Crippen LogP contribution in [-0.2, 0) is 17.6 Å². The van der Waals surface area contributed by atoms with Gasteiger partial charge in [-0.3, -0.25) is 4.79 Å². The molecule has 1 fully saturated rings. The molecular formula is C13H15NO2. The molecule has 0 saturated heterocycles. The first-order valence-electron chi connectivity index (χ1n) is 5.85. The Morgan fingerprint density at radius 3 is 3.12 bits per heavy atom. The van der Waals surface area contributed by atoms with Gasteiger partial charge in [-0.2, -0.15) is 0 Å². The average Bonchev–Trinajstić information content (AvgIpc) is 2.95. The number of benzene rings is 1. The highest BCUT2D eigenvalue weighted by atomic mass is 16.5. The molecule has 3 heteroatoms. The van der Waals surface area contributed by atoms with Crippen LogP contribution in [0.5, 0.6) is 5.75 Å². The van der Waals surface area contributed by atoms with E-state index < -0.39 is 0 Å². The molecule has 0 spiro atoms. The Kier molecular flexibility index (Phi) is 2.31. The van der Waals surface area contributed by atoms with Crippen LogP contribution in [0, 0.1) is 0 Å². The predicted octanol–water partition coefficient (Wildman–Crippen LogP) is 1.44. The van der Waals surface area contributed by atoms with Crippen molar-refractivity contribution in [2.45, 2.75) is 31.7 Å². The van der Waals surface area contributed by atoms with Gasteiger partial charge in [-0.1, -0.05) is 12.1 Å². The van der Waals surface area contributed by atoms with Crippen molar-refractivity contribution < 1.29 is 9.53 Å². The van der Waals surface area contributed by atoms with E-state index in [1.807, 2.05) is 12.1 Å². The molecule has 84 valence electrons. The number of ether oxygens (including phenoxy) is 1. The molecule has 3 nitrogen and oxygen atoms in total. The number of rotatable bonds is 3. The SMILES string of the molecule is O=C(Cc1ccc2c(c1)CCO2)NC1CC1. The van der Waals surface area contributed by atoms with Crippen molar-refractivity contribution in [1.82, 2.24) is 5.32 Å². The van der Waals surface area contributed by atoms with Gasteiger partial charge < -0.3 is 10.1 Å². The number of fused-ring (bicyclic) bond motifs is 1. The van der Waals surface area contributed by atoms with E-state index in [2.05, 4.69) is 11.4 Å². The number of hydrogen-bond donors (Lipinski definition) is 1. The second kappa shape index (κ2) is 3.81. The van der Waals surface area contributed by atoms with Crippen LogP contribution in [0.4, 0.5) is 0 Å². The summed E-state index contributed by atoms with van der Waals surface area (Å²) in [6.45, 7) is 0.771. The minimum Gasteiger partial charge on any atom is -0.493 e. The minimum atomic E-state index is 0.140. The number of amides is 1. The zero-order chi connectivity index (χ0) is 11.0. The number of hydrogen-bond acceptors (Lipinski definition) is 2. The molecule has 1 aliphatic carbocycles. The van der Waals surface area contributed by atoms with E-state index in [-0.39, 0.29) is 5.91 Å². The van der Waals surface area contributed by atoms with Gasteiger partial charge in [-0.15, -0.1) is 0 Å². The molecule has 3 rings (SSSR count). The van der Waals surface area contributed by atoms with Gasteiger partial charge in [-0.05, 0) is 30.0 Å². The van der Waals surface area contributed by atoms with Crippen LogP contribution in [0.2, 0.25) is 0 Å². The number of nitrogens with one attached hydrogen (secondary N) is 1. The first kappa shape index (κ1) is 9.70. The number of carbonyl (C=O) groups is 1. The lowest BCUT2D eigenvalue weighted by Gasteiger charge is -2.05. The summed E-state index contributed by atoms with van der Waals surface area (Å²) in [5, 5.41) is 3.00. The van der Waals surface area contributed by atoms with Crippen LogP contribution in [0.3, 0.4) is 0 Å². The summed E-state index contributed by atoms with van der Waals surface area (Å²) in [5.41, 5.74) is 2.32. The average molecular weight is 217 g/mol. The van der Waals surface area contributed by atoms with Crippen LogP contribution in [0.25, 0.3) is 0 Å². The maximum absolute atomic E-state index is 11.6. The molecule has 1 amide bonds. The maximum Gasteiger partial charge on any atom is 0.224 e. The van der Waals surface area contributed by atoms with E-state index in [9.17, 15) is 4.79 Å². The van der Waals surface area contributed by atoms with Gasteiger partial charge in [0.15, 0.2) is 0 Å². The molecule has 2 aliphatic rings. The van der Waals surface area contributed by atoms with Crippen molar-refractivity contribution in [2.75, 3.05) is 6.61 Å². The van der Waals surface area contributed by atoms with Crippen LogP contribution in [-0.4, -0.2) is 18.6 Å². The van der Waals surface area contributed by atoms with Crippen molar-refractivity contribution >= 4 is 5.91 Å². The molecule has 1 aromatic carbocycles. The molecular weight excluding hydrogens is 202 g/mol. The van der Waals surface area contributed by atoms with E-state index in [1.165, 1.54) is 5.56 Å². The van der Waals surface area contributed by atoms with Gasteiger partial charge >= 0.3 is 0 Å². The fourth-order valence-corrected chi connectivity index (χ4v) is 2.04. The van der Waals surface area contributed by atoms with Crippen LogP contribution >= 0.6 is 0 Å². The van der Waals surface area contributed by atoms with Gasteiger partial charge in [0.2, 0.25) is 5.91 Å². The van der Waals surface area contributed by atoms with Crippen molar-refractivity contribution in [3.63, 3.8) is 0 Å². The largest absolute Gasteiger partial charge is 0.493 e. The van der Waals surface area contributed by atoms with Gasteiger partial charge in [-0.25, -0.2) is 0 Å². The molecule has 0 bridgehead atoms. The van der Waals surface area contributed by atoms with E-state index in [4.69, 9.17) is 4.74 Å². The van der Waals surface area contributed by atoms with Crippen molar-refractivity contribution in [3.8, 4) is 5.75 Å². The quantitative estimate of drug-likeness (QED) is 0.832. The Morgan fingerprint density at radius 2 is 2.31 bits per heavy atom. The molecule has 1 aliphatic heterocycles. The fourth-order valence-electron chi connectivity index (χ4n) is 2.04. The Morgan fingerprint density at radius 1 is 1.44 bits per heavy atom. The zero-order valence-corrected chi connectivity index (χ0v) is 9.16. The summed E-state index contributed by atoms with van der Waals surface area (Å²) in [6.07, 6.45) is 3.74. The Hall–Kier alpha value is -1.51. The molecule has 0 aromatic heterocycles. The number of carbonyl (C=O) groups excluding carboxylic acids is 1. The lowest BCUT2D eigenvalue weighted by atomic mass is 10.1. The summed E-state index contributed by atoms with van der Waals surface area (Å²) in [5.74, 6) is 1.12. The monoisotopic (exact) mass is 217 g/mol. The summed E-state index contributed by atoms with van der Waals surface area (Å²) >= 11 is 0. The normalized spacial score (nSPS) is 17.8. The third-order valence-corrected chi connectivity index (χ3v) is 3.06. The first-order valence-corrected chi connectivity index (χ1v) is 5.85. The molecule has 16 heavy (non-hydrogen) atoms. The molecule has 1 heterocycles. The Balaban J connectivity index is 1.67. The van der Waals surface area contributed by atoms with Gasteiger partial charge in [0.1, 0.15) is 5.75 Å². The molecule has 0 radical (unpaired) electrons. The van der Waals surface area contributed by atoms with Gasteiger partial charge in [0, 0.05) is 12.5 Å². The second-order valence-electron chi connectivity index (χ2n) is 4.56. The lowest BCUT2D eigenvalue weighted by molar-refractivity contribution is -0.120. The lowest BCUT2D eigenvalue weighted by Crippen LogP contribution is -2.26. The van der Waals surface area contributed by atoms with E-state index >= 15 is 0 Å². The highest BCUT2D eigenvalue weighted by molar-refractivity contribution is 5.79. The van der Waals surface area contributed by atoms with E-state index in [0.717, 1.165) is 37.2 Å². The summed E-state index contributed by atoms with van der Waals surface area (Å²) in [4.78, 5) is 11.6. The predicted molar refractivity (Wildman–Crippen MR) is 60.5 cm³/mol. The van der Waals surface area contributed by atoms with Crippen molar-refractivity contribution in [3.05, 3.63) is 29.3 Å².